The molecule has 1 aliphatic heterocycles. The molecule has 0 aliphatic carbocycles. The van der Waals surface area contributed by atoms with Gasteiger partial charge in [-0.15, -0.1) is 0 Å². The summed E-state index contributed by atoms with van der Waals surface area (Å²) < 4.78 is 14.7. The number of fused-ring (bicyclic) bond motifs is 1. The van der Waals surface area contributed by atoms with E-state index < -0.39 is 0 Å². The van der Waals surface area contributed by atoms with Crippen LogP contribution in [0, 0.1) is 5.82 Å². The molecule has 0 spiro atoms. The Morgan fingerprint density at radius 1 is 1.13 bits per heavy atom. The van der Waals surface area contributed by atoms with E-state index in [-0.39, 0.29) is 23.4 Å². The van der Waals surface area contributed by atoms with Crippen LogP contribution >= 0.6 is 0 Å². The van der Waals surface area contributed by atoms with Crippen LogP contribution < -0.4 is 21.1 Å². The minimum Gasteiger partial charge on any atom is -0.352 e. The fourth-order valence-corrected chi connectivity index (χ4v) is 3.82. The van der Waals surface area contributed by atoms with Crippen molar-refractivity contribution in [3.8, 4) is 0 Å². The number of carbonyl (C=O) groups is 1. The van der Waals surface area contributed by atoms with Gasteiger partial charge in [-0.1, -0.05) is 12.1 Å². The number of para-hydroxylation sites is 2. The summed E-state index contributed by atoms with van der Waals surface area (Å²) in [4.78, 5) is 31.8. The van der Waals surface area contributed by atoms with E-state index in [2.05, 4.69) is 15.6 Å². The molecule has 1 aliphatic rings. The van der Waals surface area contributed by atoms with Crippen molar-refractivity contribution in [2.45, 2.75) is 32.4 Å². The summed E-state index contributed by atoms with van der Waals surface area (Å²) in [5.74, 6) is 0.113. The van der Waals surface area contributed by atoms with E-state index in [1.165, 1.54) is 24.3 Å². The van der Waals surface area contributed by atoms with Crippen molar-refractivity contribution in [3.05, 3.63) is 64.7 Å². The molecule has 2 aromatic carbocycles. The molecule has 0 saturated carbocycles. The second kappa shape index (κ2) is 8.52. The van der Waals surface area contributed by atoms with Gasteiger partial charge in [-0.2, -0.15) is 0 Å². The molecule has 0 unspecified atom stereocenters. The topological polar surface area (TPSA) is 79.3 Å². The lowest BCUT2D eigenvalue weighted by molar-refractivity contribution is 0.246. The van der Waals surface area contributed by atoms with Crippen molar-refractivity contribution in [2.24, 2.45) is 0 Å². The number of benzene rings is 2. The van der Waals surface area contributed by atoms with Crippen molar-refractivity contribution in [1.29, 1.82) is 0 Å². The zero-order valence-electron chi connectivity index (χ0n) is 16.8. The summed E-state index contributed by atoms with van der Waals surface area (Å²) in [6.07, 6.45) is 1.41. The van der Waals surface area contributed by atoms with Gasteiger partial charge in [0.05, 0.1) is 11.0 Å². The highest BCUT2D eigenvalue weighted by Gasteiger charge is 2.24. The Labute approximate surface area is 173 Å². The summed E-state index contributed by atoms with van der Waals surface area (Å²) in [5.41, 5.74) is 2.08. The van der Waals surface area contributed by atoms with Crippen molar-refractivity contribution in [3.63, 3.8) is 0 Å². The standard InChI is InChI=1S/C22H24FN5O2/c1-2-28-19-6-4-3-5-18(19)26-20(21(28)29)27-13-11-17(12-14-27)25-22(30)24-16-9-7-15(23)8-10-16/h3-10,17H,2,11-14H2,1H3,(H2,24,25,30). The zero-order chi connectivity index (χ0) is 21.1. The van der Waals surface area contributed by atoms with Gasteiger partial charge in [-0.05, 0) is 56.2 Å². The molecular formula is C22H24FN5O2. The Kier molecular flexibility index (Phi) is 5.65. The average molecular weight is 409 g/mol. The van der Waals surface area contributed by atoms with Crippen LogP contribution in [0.3, 0.4) is 0 Å². The fourth-order valence-electron chi connectivity index (χ4n) is 3.82. The normalized spacial score (nSPS) is 14.7. The smallest absolute Gasteiger partial charge is 0.319 e. The first-order valence-electron chi connectivity index (χ1n) is 10.1. The van der Waals surface area contributed by atoms with Gasteiger partial charge in [-0.3, -0.25) is 4.79 Å². The number of halogens is 1. The van der Waals surface area contributed by atoms with E-state index >= 15 is 0 Å². The van der Waals surface area contributed by atoms with Gasteiger partial charge < -0.3 is 20.1 Å². The molecule has 2 N–H and O–H groups in total. The molecule has 3 aromatic rings. The van der Waals surface area contributed by atoms with E-state index in [0.29, 0.717) is 44.0 Å². The highest BCUT2D eigenvalue weighted by atomic mass is 19.1. The predicted octanol–water partition coefficient (Wildman–Crippen LogP) is 3.35. The molecule has 1 saturated heterocycles. The number of hydrogen-bond acceptors (Lipinski definition) is 4. The Hall–Kier alpha value is -3.42. The van der Waals surface area contributed by atoms with Crippen LogP contribution in [0.2, 0.25) is 0 Å². The molecule has 4 rings (SSSR count). The zero-order valence-corrected chi connectivity index (χ0v) is 16.8. The molecule has 2 amide bonds. The number of anilines is 2. The van der Waals surface area contributed by atoms with Gasteiger partial charge in [0.1, 0.15) is 5.82 Å². The minimum absolute atomic E-state index is 0.00412. The molecule has 0 atom stereocenters. The maximum Gasteiger partial charge on any atom is 0.319 e. The third kappa shape index (κ3) is 4.12. The van der Waals surface area contributed by atoms with Gasteiger partial charge in [0.15, 0.2) is 5.82 Å². The van der Waals surface area contributed by atoms with Gasteiger partial charge in [-0.25, -0.2) is 14.2 Å². The minimum atomic E-state index is -0.349. The SMILES string of the molecule is CCn1c(=O)c(N2CCC(NC(=O)Nc3ccc(F)cc3)CC2)nc2ccccc21. The van der Waals surface area contributed by atoms with Crippen molar-refractivity contribution in [1.82, 2.24) is 14.9 Å². The van der Waals surface area contributed by atoms with Crippen molar-refractivity contribution in [2.75, 3.05) is 23.3 Å². The van der Waals surface area contributed by atoms with E-state index in [4.69, 9.17) is 0 Å². The number of rotatable bonds is 4. The first-order chi connectivity index (χ1) is 14.5. The van der Waals surface area contributed by atoms with Crippen molar-refractivity contribution >= 4 is 28.6 Å². The highest BCUT2D eigenvalue weighted by molar-refractivity contribution is 5.89. The molecule has 1 fully saturated rings. The molecule has 7 nitrogen and oxygen atoms in total. The molecule has 1 aromatic heterocycles. The molecule has 0 bridgehead atoms. The number of nitrogens with zero attached hydrogens (tertiary/aromatic N) is 3. The Bertz CT molecular complexity index is 1100. The number of carbonyl (C=O) groups excluding carboxylic acids is 1. The van der Waals surface area contributed by atoms with Crippen LogP contribution in [0.25, 0.3) is 11.0 Å². The van der Waals surface area contributed by atoms with Gasteiger partial charge in [0.2, 0.25) is 0 Å². The fraction of sp³-hybridized carbons (Fsp3) is 0.318. The Balaban J connectivity index is 1.41. The van der Waals surface area contributed by atoms with Gasteiger partial charge in [0, 0.05) is 31.4 Å². The molecule has 2 heterocycles. The summed E-state index contributed by atoms with van der Waals surface area (Å²) in [7, 11) is 0. The highest BCUT2D eigenvalue weighted by Crippen LogP contribution is 2.19. The number of aromatic nitrogens is 2. The van der Waals surface area contributed by atoms with Crippen LogP contribution in [-0.2, 0) is 6.54 Å². The monoisotopic (exact) mass is 409 g/mol. The quantitative estimate of drug-likeness (QED) is 0.693. The molecule has 8 heteroatoms. The number of hydrogen-bond donors (Lipinski definition) is 2. The molecule has 0 radical (unpaired) electrons. The van der Waals surface area contributed by atoms with Crippen LogP contribution in [0.1, 0.15) is 19.8 Å². The average Bonchev–Trinajstić information content (AvgIpc) is 2.75. The van der Waals surface area contributed by atoms with Crippen molar-refractivity contribution < 1.29 is 9.18 Å². The van der Waals surface area contributed by atoms with Crippen LogP contribution in [-0.4, -0.2) is 34.7 Å². The molecule has 30 heavy (non-hydrogen) atoms. The Morgan fingerprint density at radius 2 is 1.83 bits per heavy atom. The maximum atomic E-state index is 13.0. The largest absolute Gasteiger partial charge is 0.352 e. The van der Waals surface area contributed by atoms with Crippen LogP contribution in [0.15, 0.2) is 53.3 Å². The second-order valence-electron chi connectivity index (χ2n) is 7.34. The second-order valence-corrected chi connectivity index (χ2v) is 7.34. The van der Waals surface area contributed by atoms with Crippen LogP contribution in [0.5, 0.6) is 0 Å². The molecular weight excluding hydrogens is 385 g/mol. The van der Waals surface area contributed by atoms with E-state index in [0.717, 1.165) is 11.0 Å². The molecule has 156 valence electrons. The number of nitrogens with one attached hydrogen (secondary N) is 2. The summed E-state index contributed by atoms with van der Waals surface area (Å²) >= 11 is 0. The third-order valence-electron chi connectivity index (χ3n) is 5.38. The first kappa shape index (κ1) is 19.9. The first-order valence-corrected chi connectivity index (χ1v) is 10.1. The van der Waals surface area contributed by atoms with E-state index in [1.54, 1.807) is 4.57 Å². The maximum absolute atomic E-state index is 13.0. The lowest BCUT2D eigenvalue weighted by Crippen LogP contribution is -2.47. The van der Waals surface area contributed by atoms with Crippen LogP contribution in [0.4, 0.5) is 20.7 Å². The van der Waals surface area contributed by atoms with Gasteiger partial charge >= 0.3 is 6.03 Å². The Morgan fingerprint density at radius 3 is 2.53 bits per heavy atom. The third-order valence-corrected chi connectivity index (χ3v) is 5.38. The van der Waals surface area contributed by atoms with E-state index in [9.17, 15) is 14.0 Å². The van der Waals surface area contributed by atoms with E-state index in [1.807, 2.05) is 36.1 Å². The summed E-state index contributed by atoms with van der Waals surface area (Å²) in [5, 5.41) is 5.65. The summed E-state index contributed by atoms with van der Waals surface area (Å²) in [6, 6.07) is 13.0. The number of urea groups is 1. The number of aryl methyl sites for hydroxylation is 1. The van der Waals surface area contributed by atoms with Gasteiger partial charge in [0.25, 0.3) is 5.56 Å². The number of piperidine rings is 1. The predicted molar refractivity (Wildman–Crippen MR) is 115 cm³/mol. The lowest BCUT2D eigenvalue weighted by Gasteiger charge is -2.33. The number of amides is 2. The summed E-state index contributed by atoms with van der Waals surface area (Å²) in [6.45, 7) is 3.79. The lowest BCUT2D eigenvalue weighted by atomic mass is 10.1.